The first-order chi connectivity index (χ1) is 9.58. The molecule has 0 spiro atoms. The topological polar surface area (TPSA) is 48.0 Å². The van der Waals surface area contributed by atoms with E-state index >= 15 is 0 Å². The zero-order valence-electron chi connectivity index (χ0n) is 11.2. The number of aryl methyl sites for hydroxylation is 2. The maximum atomic E-state index is 12.5. The molecular weight excluding hydrogens is 276 g/mol. The number of furan rings is 1. The number of halogens is 1. The monoisotopic (exact) mass is 288 g/mol. The Hall–Kier alpha value is -2.07. The number of hydrogen-bond acceptors (Lipinski definition) is 3. The molecule has 0 aliphatic rings. The summed E-state index contributed by atoms with van der Waals surface area (Å²) in [6, 6.07) is 7.46. The average Bonchev–Trinajstić information content (AvgIpc) is 2.72. The van der Waals surface area contributed by atoms with Crippen LogP contribution >= 0.6 is 11.6 Å². The molecule has 0 amide bonds. The summed E-state index contributed by atoms with van der Waals surface area (Å²) >= 11 is 6.13. The van der Waals surface area contributed by atoms with E-state index in [1.807, 2.05) is 32.0 Å². The van der Waals surface area contributed by atoms with Crippen LogP contribution in [0.25, 0.3) is 11.1 Å². The second-order valence-corrected chi connectivity index (χ2v) is 5.14. The molecule has 1 aromatic carbocycles. The van der Waals surface area contributed by atoms with Crippen LogP contribution in [0.1, 0.15) is 16.9 Å². The Labute approximate surface area is 120 Å². The van der Waals surface area contributed by atoms with E-state index in [4.69, 9.17) is 16.0 Å². The fourth-order valence-electron chi connectivity index (χ4n) is 2.19. The van der Waals surface area contributed by atoms with Gasteiger partial charge >= 0.3 is 0 Å². The second-order valence-electron chi connectivity index (χ2n) is 4.73. The number of rotatable bonds is 2. The zero-order chi connectivity index (χ0) is 14.3. The van der Waals surface area contributed by atoms with Gasteiger partial charge in [0.15, 0.2) is 0 Å². The third-order valence-electron chi connectivity index (χ3n) is 3.45. The van der Waals surface area contributed by atoms with Crippen molar-refractivity contribution in [3.05, 3.63) is 62.9 Å². The summed E-state index contributed by atoms with van der Waals surface area (Å²) in [5, 5.41) is 1.18. The summed E-state index contributed by atoms with van der Waals surface area (Å²) < 4.78 is 7.01. The molecule has 0 unspecified atom stereocenters. The third-order valence-corrected chi connectivity index (χ3v) is 3.82. The van der Waals surface area contributed by atoms with Gasteiger partial charge in [0.25, 0.3) is 5.56 Å². The predicted octanol–water partition coefficient (Wildman–Crippen LogP) is 3.31. The van der Waals surface area contributed by atoms with Crippen LogP contribution in [0.4, 0.5) is 0 Å². The minimum Gasteiger partial charge on any atom is -0.443 e. The summed E-state index contributed by atoms with van der Waals surface area (Å²) in [5.74, 6) is 0.722. The third kappa shape index (κ3) is 2.02. The van der Waals surface area contributed by atoms with E-state index < -0.39 is 0 Å². The quantitative estimate of drug-likeness (QED) is 0.727. The highest BCUT2D eigenvalue weighted by molar-refractivity contribution is 6.31. The Balaban J connectivity index is 2.14. The first-order valence-corrected chi connectivity index (χ1v) is 6.64. The standard InChI is InChI=1S/C15H13ClN2O2/c1-9-10(2)20-14-13(9)15(19)18(8-17-14)7-11-5-3-4-6-12(11)16/h3-6,8H,7H2,1-2H3. The molecule has 0 aliphatic heterocycles. The molecule has 0 saturated heterocycles. The van der Waals surface area contributed by atoms with Crippen LogP contribution in [-0.2, 0) is 6.54 Å². The maximum Gasteiger partial charge on any atom is 0.265 e. The van der Waals surface area contributed by atoms with Crippen molar-refractivity contribution in [2.45, 2.75) is 20.4 Å². The molecule has 3 rings (SSSR count). The summed E-state index contributed by atoms with van der Waals surface area (Å²) in [6.45, 7) is 4.09. The van der Waals surface area contributed by atoms with Crippen LogP contribution in [0, 0.1) is 13.8 Å². The molecule has 5 heteroatoms. The molecule has 0 atom stereocenters. The van der Waals surface area contributed by atoms with Gasteiger partial charge in [-0.15, -0.1) is 0 Å². The van der Waals surface area contributed by atoms with E-state index in [-0.39, 0.29) is 5.56 Å². The number of nitrogens with zero attached hydrogens (tertiary/aromatic N) is 2. The molecule has 3 aromatic rings. The lowest BCUT2D eigenvalue weighted by atomic mass is 10.2. The van der Waals surface area contributed by atoms with Crippen LogP contribution in [-0.4, -0.2) is 9.55 Å². The van der Waals surface area contributed by atoms with Crippen molar-refractivity contribution >= 4 is 22.7 Å². The van der Waals surface area contributed by atoms with Crippen molar-refractivity contribution in [3.63, 3.8) is 0 Å². The Morgan fingerprint density at radius 1 is 1.30 bits per heavy atom. The van der Waals surface area contributed by atoms with Crippen LogP contribution in [0.2, 0.25) is 5.02 Å². The Morgan fingerprint density at radius 3 is 2.80 bits per heavy atom. The van der Waals surface area contributed by atoms with Gasteiger partial charge in [0.1, 0.15) is 17.5 Å². The molecule has 0 aliphatic carbocycles. The van der Waals surface area contributed by atoms with Gasteiger partial charge in [-0.1, -0.05) is 29.8 Å². The number of fused-ring (bicyclic) bond motifs is 1. The van der Waals surface area contributed by atoms with Crippen LogP contribution in [0.3, 0.4) is 0 Å². The highest BCUT2D eigenvalue weighted by Gasteiger charge is 2.14. The van der Waals surface area contributed by atoms with Crippen LogP contribution in [0.15, 0.2) is 39.8 Å². The molecular formula is C15H13ClN2O2. The minimum atomic E-state index is -0.107. The molecule has 4 nitrogen and oxygen atoms in total. The summed E-state index contributed by atoms with van der Waals surface area (Å²) in [6.07, 6.45) is 1.50. The van der Waals surface area contributed by atoms with E-state index in [1.54, 1.807) is 10.6 Å². The second kappa shape index (κ2) is 4.80. The molecule has 0 N–H and O–H groups in total. The van der Waals surface area contributed by atoms with Gasteiger partial charge < -0.3 is 4.42 Å². The first kappa shape index (κ1) is 12.9. The summed E-state index contributed by atoms with van der Waals surface area (Å²) in [4.78, 5) is 16.7. The molecule has 2 heterocycles. The minimum absolute atomic E-state index is 0.107. The zero-order valence-corrected chi connectivity index (χ0v) is 11.9. The van der Waals surface area contributed by atoms with E-state index in [0.29, 0.717) is 22.7 Å². The van der Waals surface area contributed by atoms with Crippen molar-refractivity contribution in [1.29, 1.82) is 0 Å². The Morgan fingerprint density at radius 2 is 2.05 bits per heavy atom. The Kier molecular flexibility index (Phi) is 3.10. The average molecular weight is 289 g/mol. The SMILES string of the molecule is Cc1oc2ncn(Cc3ccccc3Cl)c(=O)c2c1C. The highest BCUT2D eigenvalue weighted by atomic mass is 35.5. The van der Waals surface area contributed by atoms with E-state index in [0.717, 1.165) is 16.9 Å². The Bertz CT molecular complexity index is 849. The molecule has 0 fully saturated rings. The molecule has 102 valence electrons. The molecule has 2 aromatic heterocycles. The van der Waals surface area contributed by atoms with Crippen LogP contribution < -0.4 is 5.56 Å². The molecule has 0 radical (unpaired) electrons. The number of benzene rings is 1. The van der Waals surface area contributed by atoms with Crippen molar-refractivity contribution in [3.8, 4) is 0 Å². The van der Waals surface area contributed by atoms with Crippen molar-refractivity contribution in [2.24, 2.45) is 0 Å². The lowest BCUT2D eigenvalue weighted by molar-refractivity contribution is 0.561. The fraction of sp³-hybridized carbons (Fsp3) is 0.200. The van der Waals surface area contributed by atoms with Gasteiger partial charge in [-0.25, -0.2) is 4.98 Å². The van der Waals surface area contributed by atoms with Gasteiger partial charge in [-0.05, 0) is 25.5 Å². The lowest BCUT2D eigenvalue weighted by Gasteiger charge is -2.06. The van der Waals surface area contributed by atoms with E-state index in [2.05, 4.69) is 4.98 Å². The largest absolute Gasteiger partial charge is 0.443 e. The van der Waals surface area contributed by atoms with Gasteiger partial charge in [0, 0.05) is 10.6 Å². The van der Waals surface area contributed by atoms with Crippen LogP contribution in [0.5, 0.6) is 0 Å². The van der Waals surface area contributed by atoms with E-state index in [1.165, 1.54) is 6.33 Å². The fourth-order valence-corrected chi connectivity index (χ4v) is 2.39. The smallest absolute Gasteiger partial charge is 0.265 e. The predicted molar refractivity (Wildman–Crippen MR) is 78.3 cm³/mol. The molecule has 20 heavy (non-hydrogen) atoms. The van der Waals surface area contributed by atoms with Crippen molar-refractivity contribution in [1.82, 2.24) is 9.55 Å². The van der Waals surface area contributed by atoms with E-state index in [9.17, 15) is 4.79 Å². The van der Waals surface area contributed by atoms with Crippen molar-refractivity contribution in [2.75, 3.05) is 0 Å². The van der Waals surface area contributed by atoms with Gasteiger partial charge in [-0.2, -0.15) is 0 Å². The summed E-state index contributed by atoms with van der Waals surface area (Å²) in [5.41, 5.74) is 2.01. The molecule has 0 saturated carbocycles. The lowest BCUT2D eigenvalue weighted by Crippen LogP contribution is -2.21. The summed E-state index contributed by atoms with van der Waals surface area (Å²) in [7, 11) is 0. The number of hydrogen-bond donors (Lipinski definition) is 0. The highest BCUT2D eigenvalue weighted by Crippen LogP contribution is 2.20. The first-order valence-electron chi connectivity index (χ1n) is 6.26. The maximum absolute atomic E-state index is 12.5. The van der Waals surface area contributed by atoms with Gasteiger partial charge in [0.05, 0.1) is 6.54 Å². The van der Waals surface area contributed by atoms with Gasteiger partial charge in [-0.3, -0.25) is 9.36 Å². The normalized spacial score (nSPS) is 11.2. The molecule has 0 bridgehead atoms. The number of aromatic nitrogens is 2. The van der Waals surface area contributed by atoms with Crippen molar-refractivity contribution < 1.29 is 4.42 Å². The van der Waals surface area contributed by atoms with Gasteiger partial charge in [0.2, 0.25) is 5.71 Å².